The Morgan fingerprint density at radius 2 is 1.62 bits per heavy atom. The van der Waals surface area contributed by atoms with Gasteiger partial charge in [-0.3, -0.25) is 4.79 Å². The SMILES string of the molecule is CC/C1=C\CC(/C(C)=C/C(C)C(C)O)OC(=O)C2CC(C)(C)CN2C(=O)CC2(O)OC(CCC2C)CC(O)C(C)C(O)CC(O)CC(O)/C(C)=C/C(C)CC(C)C1O. The highest BCUT2D eigenvalue weighted by molar-refractivity contribution is 5.86. The molecule has 2 saturated heterocycles. The number of fused-ring (bicyclic) bond motifs is 3. The zero-order valence-electron chi connectivity index (χ0n) is 37.3. The van der Waals surface area contributed by atoms with Gasteiger partial charge in [-0.25, -0.2) is 4.79 Å². The van der Waals surface area contributed by atoms with Crippen molar-refractivity contribution < 1.29 is 54.8 Å². The van der Waals surface area contributed by atoms with Gasteiger partial charge in [-0.15, -0.1) is 0 Å². The van der Waals surface area contributed by atoms with Crippen molar-refractivity contribution >= 4 is 11.9 Å². The van der Waals surface area contributed by atoms with Gasteiger partial charge in [0.25, 0.3) is 0 Å². The largest absolute Gasteiger partial charge is 0.456 e. The van der Waals surface area contributed by atoms with Gasteiger partial charge in [0.05, 0.1) is 49.1 Å². The van der Waals surface area contributed by atoms with E-state index in [9.17, 15) is 45.3 Å². The van der Waals surface area contributed by atoms with E-state index in [4.69, 9.17) is 9.47 Å². The van der Waals surface area contributed by atoms with Gasteiger partial charge >= 0.3 is 5.97 Å². The summed E-state index contributed by atoms with van der Waals surface area (Å²) in [4.78, 5) is 29.9. The molecule has 0 spiro atoms. The Morgan fingerprint density at radius 1 is 0.983 bits per heavy atom. The van der Waals surface area contributed by atoms with Crippen molar-refractivity contribution in [2.24, 2.45) is 35.0 Å². The van der Waals surface area contributed by atoms with E-state index in [1.807, 2.05) is 73.6 Å². The van der Waals surface area contributed by atoms with Crippen LogP contribution in [0.2, 0.25) is 0 Å². The molecule has 12 heteroatoms. The van der Waals surface area contributed by atoms with Gasteiger partial charge in [0, 0.05) is 37.1 Å². The van der Waals surface area contributed by atoms with E-state index in [-0.39, 0.29) is 50.0 Å². The van der Waals surface area contributed by atoms with Crippen LogP contribution in [0.5, 0.6) is 0 Å². The predicted molar refractivity (Wildman–Crippen MR) is 224 cm³/mol. The number of hydrogen-bond acceptors (Lipinski definition) is 11. The number of aliphatic hydroxyl groups is 7. The van der Waals surface area contributed by atoms with Crippen LogP contribution in [-0.2, 0) is 19.1 Å². The lowest BCUT2D eigenvalue weighted by Gasteiger charge is -2.43. The van der Waals surface area contributed by atoms with Crippen molar-refractivity contribution in [1.29, 1.82) is 0 Å². The van der Waals surface area contributed by atoms with E-state index in [1.54, 1.807) is 20.8 Å². The number of ether oxygens (including phenoxy) is 2. The Kier molecular flexibility index (Phi) is 18.7. The second-order valence-corrected chi connectivity index (χ2v) is 19.4. The summed E-state index contributed by atoms with van der Waals surface area (Å²) < 4.78 is 12.5. The molecule has 15 atom stereocenters. The molecule has 3 aliphatic rings. The van der Waals surface area contributed by atoms with E-state index < -0.39 is 96.2 Å². The van der Waals surface area contributed by atoms with Crippen molar-refractivity contribution in [3.8, 4) is 0 Å². The summed E-state index contributed by atoms with van der Waals surface area (Å²) in [5, 5.41) is 77.8. The monoisotopic (exact) mass is 822 g/mol. The first-order valence-corrected chi connectivity index (χ1v) is 21.9. The van der Waals surface area contributed by atoms with E-state index in [1.165, 1.54) is 4.90 Å². The minimum Gasteiger partial charge on any atom is -0.456 e. The highest BCUT2D eigenvalue weighted by Gasteiger charge is 2.49. The molecule has 2 fully saturated rings. The minimum absolute atomic E-state index is 0.00513. The van der Waals surface area contributed by atoms with Crippen LogP contribution in [0.3, 0.4) is 0 Å². The fourth-order valence-corrected chi connectivity index (χ4v) is 8.99. The van der Waals surface area contributed by atoms with Crippen LogP contribution in [0.25, 0.3) is 0 Å². The van der Waals surface area contributed by atoms with Crippen LogP contribution in [-0.4, -0.2) is 120 Å². The molecule has 0 aromatic heterocycles. The molecule has 0 aromatic carbocycles. The van der Waals surface area contributed by atoms with Crippen molar-refractivity contribution in [1.82, 2.24) is 4.90 Å². The van der Waals surface area contributed by atoms with Gasteiger partial charge in [-0.2, -0.15) is 0 Å². The fourth-order valence-electron chi connectivity index (χ4n) is 8.99. The third-order valence-electron chi connectivity index (χ3n) is 13.3. The second kappa shape index (κ2) is 21.6. The topological polar surface area (TPSA) is 197 Å². The lowest BCUT2D eigenvalue weighted by molar-refractivity contribution is -0.285. The average Bonchev–Trinajstić information content (AvgIpc) is 3.46. The number of esters is 1. The molecule has 7 N–H and O–H groups in total. The number of carbonyl (C=O) groups excluding carboxylic acids is 2. The van der Waals surface area contributed by atoms with Crippen molar-refractivity contribution in [3.63, 3.8) is 0 Å². The van der Waals surface area contributed by atoms with Crippen LogP contribution >= 0.6 is 0 Å². The lowest BCUT2D eigenvalue weighted by Crippen LogP contribution is -2.52. The van der Waals surface area contributed by atoms with E-state index >= 15 is 0 Å². The van der Waals surface area contributed by atoms with Crippen molar-refractivity contribution in [3.05, 3.63) is 34.9 Å². The molecule has 1 amide bonds. The Labute approximate surface area is 348 Å². The van der Waals surface area contributed by atoms with Gasteiger partial charge in [0.1, 0.15) is 12.1 Å². The molecule has 0 radical (unpaired) electrons. The lowest BCUT2D eigenvalue weighted by atomic mass is 9.84. The van der Waals surface area contributed by atoms with Gasteiger partial charge in [0.15, 0.2) is 5.79 Å². The van der Waals surface area contributed by atoms with Gasteiger partial charge in [-0.1, -0.05) is 73.6 Å². The van der Waals surface area contributed by atoms with Gasteiger partial charge in [-0.05, 0) is 99.7 Å². The normalized spacial score (nSPS) is 41.6. The zero-order valence-corrected chi connectivity index (χ0v) is 37.3. The molecular formula is C46H79NO11. The number of rotatable bonds is 4. The number of cyclic esters (lactones) is 1. The summed E-state index contributed by atoms with van der Waals surface area (Å²) in [5.41, 5.74) is 1.79. The van der Waals surface area contributed by atoms with Crippen LogP contribution in [0.15, 0.2) is 34.9 Å². The minimum atomic E-state index is -1.86. The Hall–Kier alpha value is -2.16. The third-order valence-corrected chi connectivity index (χ3v) is 13.3. The Balaban J connectivity index is 2.03. The molecule has 3 rings (SSSR count). The standard InChI is InChI=1S/C46H79NO11/c1-12-34-14-16-41(29(5)19-27(3)33(9)48)57-44(55)37-23-45(10,11)25-47(37)42(53)24-46(56)31(7)13-15-36(58-46)22-40(52)32(8)39(51)21-35(49)20-38(50)28(4)17-26(2)18-30(6)43(34)54/h14,17,19,26-27,30-33,35-41,43,48-52,54,56H,12-13,15-16,18,20-25H2,1-11H3/b28-17+,29-19+,34-14+. The number of aliphatic hydroxyl groups excluding tert-OH is 6. The van der Waals surface area contributed by atoms with Crippen LogP contribution < -0.4 is 0 Å². The molecular weight excluding hydrogens is 743 g/mol. The molecule has 0 aromatic rings. The maximum Gasteiger partial charge on any atom is 0.329 e. The summed E-state index contributed by atoms with van der Waals surface area (Å²) in [6, 6.07) is -0.913. The summed E-state index contributed by atoms with van der Waals surface area (Å²) in [6.45, 7) is 20.9. The molecule has 2 bridgehead atoms. The number of hydrogen-bond donors (Lipinski definition) is 7. The molecule has 3 heterocycles. The smallest absolute Gasteiger partial charge is 0.329 e. The zero-order chi connectivity index (χ0) is 43.9. The van der Waals surface area contributed by atoms with Crippen LogP contribution in [0.1, 0.15) is 140 Å². The average molecular weight is 822 g/mol. The summed E-state index contributed by atoms with van der Waals surface area (Å²) >= 11 is 0. The first kappa shape index (κ1) is 50.2. The van der Waals surface area contributed by atoms with Crippen molar-refractivity contribution in [2.45, 2.75) is 201 Å². The van der Waals surface area contributed by atoms with E-state index in [0.717, 1.165) is 11.1 Å². The number of amides is 1. The maximum atomic E-state index is 14.2. The number of carbonyl (C=O) groups is 2. The predicted octanol–water partition coefficient (Wildman–Crippen LogP) is 5.34. The summed E-state index contributed by atoms with van der Waals surface area (Å²) in [5.74, 6) is -4.35. The highest BCUT2D eigenvalue weighted by atomic mass is 16.6. The fraction of sp³-hybridized carbons (Fsp3) is 0.826. The maximum absolute atomic E-state index is 14.2. The molecule has 0 saturated carbocycles. The first-order valence-electron chi connectivity index (χ1n) is 21.9. The molecule has 0 aliphatic carbocycles. The summed E-state index contributed by atoms with van der Waals surface area (Å²) in [7, 11) is 0. The Bertz CT molecular complexity index is 1440. The summed E-state index contributed by atoms with van der Waals surface area (Å²) in [6.07, 6.45) is 1.38. The van der Waals surface area contributed by atoms with Gasteiger partial charge < -0.3 is 50.1 Å². The highest BCUT2D eigenvalue weighted by Crippen LogP contribution is 2.40. The Morgan fingerprint density at radius 3 is 2.24 bits per heavy atom. The molecule has 58 heavy (non-hydrogen) atoms. The van der Waals surface area contributed by atoms with Crippen molar-refractivity contribution in [2.75, 3.05) is 6.54 Å². The van der Waals surface area contributed by atoms with Gasteiger partial charge in [0.2, 0.25) is 5.91 Å². The number of nitrogens with zero attached hydrogens (tertiary/aromatic N) is 1. The number of allylic oxidation sites excluding steroid dienone is 1. The second-order valence-electron chi connectivity index (χ2n) is 19.4. The molecule has 3 aliphatic heterocycles. The molecule has 334 valence electrons. The van der Waals surface area contributed by atoms with E-state index in [0.29, 0.717) is 37.7 Å². The first-order chi connectivity index (χ1) is 26.9. The quantitative estimate of drug-likeness (QED) is 0.143. The third kappa shape index (κ3) is 13.9. The van der Waals surface area contributed by atoms with Crippen LogP contribution in [0.4, 0.5) is 0 Å². The van der Waals surface area contributed by atoms with E-state index in [2.05, 4.69) is 0 Å². The molecule has 12 nitrogen and oxygen atoms in total. The van der Waals surface area contributed by atoms with Crippen LogP contribution in [0, 0.1) is 35.0 Å². The molecule has 15 unspecified atom stereocenters.